The first-order chi connectivity index (χ1) is 17.9. The van der Waals surface area contributed by atoms with Crippen molar-refractivity contribution in [2.45, 2.75) is 4.90 Å². The van der Waals surface area contributed by atoms with Crippen LogP contribution in [0.3, 0.4) is 0 Å². The Balaban J connectivity index is 1.47. The van der Waals surface area contributed by atoms with Gasteiger partial charge in [0.1, 0.15) is 17.3 Å². The van der Waals surface area contributed by atoms with Crippen LogP contribution < -0.4 is 19.5 Å². The van der Waals surface area contributed by atoms with Crippen LogP contribution in [0.1, 0.15) is 0 Å². The number of pyridine rings is 1. The molecule has 0 radical (unpaired) electrons. The molecule has 2 aromatic heterocycles. The Bertz CT molecular complexity index is 1680. The van der Waals surface area contributed by atoms with Gasteiger partial charge in [0, 0.05) is 23.5 Å². The van der Waals surface area contributed by atoms with Crippen molar-refractivity contribution in [3.8, 4) is 22.8 Å². The molecule has 0 amide bonds. The number of rotatable bonds is 8. The standard InChI is InChI=1S/C27H23N5O4S/c1-35-21-8-6-7-20(15-21)30-26-17-28-23-12-11-18(13-24(23)31-26)19-14-25(27(36-2)29-16-19)32-37(33,34)22-9-4-3-5-10-22/h3-17,32H,1-2H3,(H,30,31). The van der Waals surface area contributed by atoms with E-state index in [0.29, 0.717) is 22.4 Å². The molecule has 9 nitrogen and oxygen atoms in total. The summed E-state index contributed by atoms with van der Waals surface area (Å²) in [5.74, 6) is 1.46. The van der Waals surface area contributed by atoms with E-state index in [0.717, 1.165) is 17.0 Å². The first-order valence-corrected chi connectivity index (χ1v) is 12.7. The number of benzene rings is 3. The molecule has 0 fully saturated rings. The fraction of sp³-hybridized carbons (Fsp3) is 0.0741. The predicted molar refractivity (Wildman–Crippen MR) is 143 cm³/mol. The van der Waals surface area contributed by atoms with Crippen LogP contribution in [0, 0.1) is 0 Å². The molecular weight excluding hydrogens is 490 g/mol. The normalized spacial score (nSPS) is 11.2. The van der Waals surface area contributed by atoms with Gasteiger partial charge in [0.2, 0.25) is 5.88 Å². The summed E-state index contributed by atoms with van der Waals surface area (Å²) in [5.41, 5.74) is 3.89. The third-order valence-electron chi connectivity index (χ3n) is 5.56. The van der Waals surface area contributed by atoms with Crippen LogP contribution in [0.15, 0.2) is 96.2 Å². The van der Waals surface area contributed by atoms with E-state index < -0.39 is 10.0 Å². The summed E-state index contributed by atoms with van der Waals surface area (Å²) >= 11 is 0. The first-order valence-electron chi connectivity index (χ1n) is 11.3. The van der Waals surface area contributed by atoms with Crippen molar-refractivity contribution in [3.05, 3.63) is 91.3 Å². The van der Waals surface area contributed by atoms with Crippen molar-refractivity contribution in [3.63, 3.8) is 0 Å². The Labute approximate surface area is 214 Å². The van der Waals surface area contributed by atoms with E-state index in [1.165, 1.54) is 19.2 Å². The molecule has 0 aliphatic carbocycles. The minimum atomic E-state index is -3.83. The number of nitrogens with zero attached hydrogens (tertiary/aromatic N) is 3. The van der Waals surface area contributed by atoms with E-state index in [1.54, 1.807) is 43.8 Å². The van der Waals surface area contributed by atoms with Gasteiger partial charge in [0.25, 0.3) is 10.0 Å². The zero-order valence-corrected chi connectivity index (χ0v) is 20.9. The summed E-state index contributed by atoms with van der Waals surface area (Å²) in [4.78, 5) is 13.6. The molecule has 5 rings (SSSR count). The highest BCUT2D eigenvalue weighted by atomic mass is 32.2. The van der Waals surface area contributed by atoms with Crippen LogP contribution in [0.2, 0.25) is 0 Å². The molecular formula is C27H23N5O4S. The number of methoxy groups -OCH3 is 2. The molecule has 186 valence electrons. The van der Waals surface area contributed by atoms with Crippen LogP contribution in [-0.4, -0.2) is 37.6 Å². The summed E-state index contributed by atoms with van der Waals surface area (Å²) in [6.07, 6.45) is 3.28. The molecule has 37 heavy (non-hydrogen) atoms. The van der Waals surface area contributed by atoms with Gasteiger partial charge < -0.3 is 14.8 Å². The number of hydrogen-bond acceptors (Lipinski definition) is 8. The highest BCUT2D eigenvalue weighted by Gasteiger charge is 2.18. The molecule has 2 N–H and O–H groups in total. The number of aromatic nitrogens is 3. The molecule has 0 atom stereocenters. The van der Waals surface area contributed by atoms with Gasteiger partial charge in [-0.25, -0.2) is 18.4 Å². The van der Waals surface area contributed by atoms with Crippen molar-refractivity contribution in [1.82, 2.24) is 15.0 Å². The monoisotopic (exact) mass is 513 g/mol. The smallest absolute Gasteiger partial charge is 0.262 e. The summed E-state index contributed by atoms with van der Waals surface area (Å²) in [5, 5.41) is 3.24. The number of ether oxygens (including phenoxy) is 2. The van der Waals surface area contributed by atoms with Gasteiger partial charge in [-0.05, 0) is 48.0 Å². The molecule has 0 saturated carbocycles. The second-order valence-corrected chi connectivity index (χ2v) is 9.70. The molecule has 0 aliphatic heterocycles. The minimum Gasteiger partial charge on any atom is -0.497 e. The van der Waals surface area contributed by atoms with E-state index in [4.69, 9.17) is 14.5 Å². The van der Waals surface area contributed by atoms with Crippen molar-refractivity contribution in [2.24, 2.45) is 0 Å². The zero-order chi connectivity index (χ0) is 25.8. The zero-order valence-electron chi connectivity index (χ0n) is 20.0. The lowest BCUT2D eigenvalue weighted by molar-refractivity contribution is 0.400. The largest absolute Gasteiger partial charge is 0.497 e. The number of hydrogen-bond donors (Lipinski definition) is 2. The maximum absolute atomic E-state index is 12.9. The maximum Gasteiger partial charge on any atom is 0.262 e. The SMILES string of the molecule is COc1cccc(Nc2cnc3ccc(-c4cnc(OC)c(NS(=O)(=O)c5ccccc5)c4)cc3n2)c1. The molecule has 0 saturated heterocycles. The van der Waals surface area contributed by atoms with Crippen LogP contribution in [0.5, 0.6) is 11.6 Å². The first kappa shape index (κ1) is 24.0. The van der Waals surface area contributed by atoms with E-state index in [1.807, 2.05) is 42.5 Å². The molecule has 5 aromatic rings. The van der Waals surface area contributed by atoms with Gasteiger partial charge in [-0.3, -0.25) is 9.71 Å². The summed E-state index contributed by atoms with van der Waals surface area (Å²) in [6, 6.07) is 22.9. The predicted octanol–water partition coefficient (Wildman–Crippen LogP) is 5.25. The molecule has 10 heteroatoms. The lowest BCUT2D eigenvalue weighted by Gasteiger charge is -2.13. The van der Waals surface area contributed by atoms with Crippen LogP contribution in [0.4, 0.5) is 17.2 Å². The Morgan fingerprint density at radius 3 is 2.38 bits per heavy atom. The summed E-state index contributed by atoms with van der Waals surface area (Å²) in [6.45, 7) is 0. The molecule has 3 aromatic carbocycles. The third-order valence-corrected chi connectivity index (χ3v) is 6.94. The third kappa shape index (κ3) is 5.29. The quantitative estimate of drug-likeness (QED) is 0.289. The summed E-state index contributed by atoms with van der Waals surface area (Å²) in [7, 11) is -0.781. The molecule has 0 bridgehead atoms. The van der Waals surface area contributed by atoms with Crippen LogP contribution in [0.25, 0.3) is 22.2 Å². The Morgan fingerprint density at radius 1 is 0.757 bits per heavy atom. The van der Waals surface area contributed by atoms with Crippen molar-refractivity contribution in [1.29, 1.82) is 0 Å². The van der Waals surface area contributed by atoms with Gasteiger partial charge in [-0.1, -0.05) is 30.3 Å². The molecule has 0 unspecified atom stereocenters. The Morgan fingerprint density at radius 2 is 1.59 bits per heavy atom. The lowest BCUT2D eigenvalue weighted by atomic mass is 10.1. The van der Waals surface area contributed by atoms with Gasteiger partial charge >= 0.3 is 0 Å². The van der Waals surface area contributed by atoms with Gasteiger partial charge in [-0.2, -0.15) is 0 Å². The summed E-state index contributed by atoms with van der Waals surface area (Å²) < 4.78 is 38.9. The molecule has 2 heterocycles. The van der Waals surface area contributed by atoms with E-state index in [9.17, 15) is 8.42 Å². The number of fused-ring (bicyclic) bond motifs is 1. The number of sulfonamides is 1. The molecule has 0 aliphatic rings. The van der Waals surface area contributed by atoms with E-state index >= 15 is 0 Å². The van der Waals surface area contributed by atoms with Gasteiger partial charge in [0.05, 0.1) is 36.3 Å². The Hall–Kier alpha value is -4.70. The van der Waals surface area contributed by atoms with E-state index in [-0.39, 0.29) is 16.5 Å². The van der Waals surface area contributed by atoms with Crippen molar-refractivity contribution >= 4 is 38.2 Å². The van der Waals surface area contributed by atoms with Crippen molar-refractivity contribution < 1.29 is 17.9 Å². The van der Waals surface area contributed by atoms with E-state index in [2.05, 4.69) is 20.0 Å². The average Bonchev–Trinajstić information content (AvgIpc) is 2.93. The second kappa shape index (κ2) is 10.1. The minimum absolute atomic E-state index is 0.138. The average molecular weight is 514 g/mol. The highest BCUT2D eigenvalue weighted by molar-refractivity contribution is 7.92. The maximum atomic E-state index is 12.9. The van der Waals surface area contributed by atoms with Gasteiger partial charge in [-0.15, -0.1) is 0 Å². The van der Waals surface area contributed by atoms with Crippen LogP contribution >= 0.6 is 0 Å². The topological polar surface area (TPSA) is 115 Å². The number of anilines is 3. The second-order valence-electron chi connectivity index (χ2n) is 8.02. The molecule has 0 spiro atoms. The van der Waals surface area contributed by atoms with Crippen LogP contribution in [-0.2, 0) is 10.0 Å². The van der Waals surface area contributed by atoms with Gasteiger partial charge in [0.15, 0.2) is 0 Å². The fourth-order valence-corrected chi connectivity index (χ4v) is 4.82. The fourth-order valence-electron chi connectivity index (χ4n) is 3.75. The number of nitrogens with one attached hydrogen (secondary N) is 2. The highest BCUT2D eigenvalue weighted by Crippen LogP contribution is 2.31. The Kier molecular flexibility index (Phi) is 6.57. The van der Waals surface area contributed by atoms with Crippen molar-refractivity contribution in [2.75, 3.05) is 24.3 Å². The lowest BCUT2D eigenvalue weighted by Crippen LogP contribution is -2.14.